The second-order valence-electron chi connectivity index (χ2n) is 3.96. The van der Waals surface area contributed by atoms with Gasteiger partial charge in [0, 0.05) is 15.9 Å². The smallest absolute Gasteiger partial charge is 0.424 e. The molecule has 0 aromatic heterocycles. The van der Waals surface area contributed by atoms with Gasteiger partial charge in [-0.25, -0.2) is 0 Å². The van der Waals surface area contributed by atoms with Gasteiger partial charge in [-0.1, -0.05) is 26.0 Å². The van der Waals surface area contributed by atoms with Crippen LogP contribution in [0.4, 0.5) is 8.78 Å². The van der Waals surface area contributed by atoms with Crippen LogP contribution in [0.2, 0.25) is 0 Å². The highest BCUT2D eigenvalue weighted by Crippen LogP contribution is 2.29. The fourth-order valence-corrected chi connectivity index (χ4v) is 1.29. The van der Waals surface area contributed by atoms with Crippen LogP contribution in [0, 0.1) is 6.92 Å². The minimum atomic E-state index is -3.32. The molecule has 0 fully saturated rings. The Balaban J connectivity index is 2.82. The first-order valence-electron chi connectivity index (χ1n) is 4.40. The van der Waals surface area contributed by atoms with Crippen LogP contribution in [-0.2, 0) is 5.41 Å². The maximum Gasteiger partial charge on any atom is 0.459 e. The Hall–Kier alpha value is -0.640. The van der Waals surface area contributed by atoms with Crippen molar-refractivity contribution in [3.8, 4) is 5.75 Å². The topological polar surface area (TPSA) is 9.23 Å². The van der Waals surface area contributed by atoms with Crippen LogP contribution in [0.1, 0.15) is 19.4 Å². The number of hydrogen-bond acceptors (Lipinski definition) is 1. The average Bonchev–Trinajstić information content (AvgIpc) is 2.00. The van der Waals surface area contributed by atoms with E-state index in [1.807, 2.05) is 13.8 Å². The Labute approximate surface area is 96.6 Å². The summed E-state index contributed by atoms with van der Waals surface area (Å²) in [7, 11) is 0. The highest BCUT2D eigenvalue weighted by molar-refractivity contribution is 9.09. The molecule has 0 spiro atoms. The molecule has 1 radical (unpaired) electrons. The molecule has 0 amide bonds. The summed E-state index contributed by atoms with van der Waals surface area (Å²) in [6, 6.07) is 6.44. The van der Waals surface area contributed by atoms with Crippen molar-refractivity contribution in [3.05, 3.63) is 36.8 Å². The van der Waals surface area contributed by atoms with E-state index in [4.69, 9.17) is 0 Å². The van der Waals surface area contributed by atoms with Crippen LogP contribution >= 0.6 is 15.9 Å². The lowest BCUT2D eigenvalue weighted by Crippen LogP contribution is -2.15. The van der Waals surface area contributed by atoms with Gasteiger partial charge < -0.3 is 4.74 Å². The van der Waals surface area contributed by atoms with E-state index in [-0.39, 0.29) is 11.2 Å². The lowest BCUT2D eigenvalue weighted by molar-refractivity contribution is -0.0803. The van der Waals surface area contributed by atoms with E-state index in [1.165, 1.54) is 12.1 Å². The molecule has 0 saturated heterocycles. The van der Waals surface area contributed by atoms with Gasteiger partial charge in [0.25, 0.3) is 0 Å². The third-order valence-electron chi connectivity index (χ3n) is 1.87. The van der Waals surface area contributed by atoms with Crippen molar-refractivity contribution in [2.45, 2.75) is 24.3 Å². The minimum absolute atomic E-state index is 0.116. The lowest BCUT2D eigenvalue weighted by atomic mass is 9.87. The van der Waals surface area contributed by atoms with Crippen LogP contribution in [0.5, 0.6) is 5.75 Å². The van der Waals surface area contributed by atoms with Crippen molar-refractivity contribution in [3.63, 3.8) is 0 Å². The first-order chi connectivity index (χ1) is 6.68. The minimum Gasteiger partial charge on any atom is -0.424 e. The molecule has 1 nitrogen and oxygen atoms in total. The van der Waals surface area contributed by atoms with Gasteiger partial charge >= 0.3 is 5.02 Å². The first-order valence-corrected chi connectivity index (χ1v) is 5.19. The molecule has 0 N–H and O–H groups in total. The van der Waals surface area contributed by atoms with Gasteiger partial charge in [0.15, 0.2) is 0 Å². The monoisotopic (exact) mass is 277 g/mol. The zero-order chi connectivity index (χ0) is 11.7. The fraction of sp³-hybridized carbons (Fsp3) is 0.364. The Morgan fingerprint density at radius 2 is 1.67 bits per heavy atom. The summed E-state index contributed by atoms with van der Waals surface area (Å²) in [5.41, 5.74) is 0.725. The van der Waals surface area contributed by atoms with E-state index in [9.17, 15) is 8.78 Å². The van der Waals surface area contributed by atoms with Crippen molar-refractivity contribution in [1.29, 1.82) is 0 Å². The molecule has 4 heteroatoms. The molecular weight excluding hydrogens is 266 g/mol. The number of halogens is 3. The third-order valence-corrected chi connectivity index (χ3v) is 2.03. The lowest BCUT2D eigenvalue weighted by Gasteiger charge is -2.19. The first kappa shape index (κ1) is 12.4. The van der Waals surface area contributed by atoms with Crippen molar-refractivity contribution in [2.24, 2.45) is 0 Å². The summed E-state index contributed by atoms with van der Waals surface area (Å²) in [5, 5.41) is -3.32. The molecule has 1 aromatic carbocycles. The van der Waals surface area contributed by atoms with Gasteiger partial charge in [0.05, 0.1) is 0 Å². The number of ether oxygens (including phenoxy) is 1. The molecule has 0 aliphatic carbocycles. The van der Waals surface area contributed by atoms with E-state index in [0.717, 1.165) is 5.56 Å². The summed E-state index contributed by atoms with van der Waals surface area (Å²) in [4.78, 5) is 0. The second kappa shape index (κ2) is 4.08. The summed E-state index contributed by atoms with van der Waals surface area (Å²) in [5.74, 6) is 0.116. The van der Waals surface area contributed by atoms with Gasteiger partial charge in [-0.3, -0.25) is 0 Å². The van der Waals surface area contributed by atoms with Gasteiger partial charge in [-0.05, 0) is 30.0 Å². The van der Waals surface area contributed by atoms with E-state index >= 15 is 0 Å². The molecule has 15 heavy (non-hydrogen) atoms. The Bertz CT molecular complexity index is 322. The number of alkyl halides is 3. The zero-order valence-electron chi connectivity index (χ0n) is 8.56. The molecule has 1 rings (SSSR count). The standard InChI is InChI=1S/C11H12BrF2O/c1-10(2,3)8-4-6-9(7-5-8)15-11(12,13)14/h4-7H,1H2,2-3H3. The highest BCUT2D eigenvalue weighted by Gasteiger charge is 2.26. The maximum absolute atomic E-state index is 12.4. The predicted octanol–water partition coefficient (Wildman–Crippen LogP) is 4.12. The maximum atomic E-state index is 12.4. The molecule has 0 aliphatic rings. The fourth-order valence-electron chi connectivity index (χ4n) is 1.11. The molecular formula is C11H12BrF2O. The van der Waals surface area contributed by atoms with Crippen LogP contribution in [0.15, 0.2) is 24.3 Å². The second-order valence-corrected chi connectivity index (χ2v) is 4.88. The molecule has 0 bridgehead atoms. The van der Waals surface area contributed by atoms with Crippen LogP contribution < -0.4 is 4.74 Å². The van der Waals surface area contributed by atoms with Crippen molar-refractivity contribution in [1.82, 2.24) is 0 Å². The molecule has 0 saturated carbocycles. The van der Waals surface area contributed by atoms with E-state index < -0.39 is 5.02 Å². The molecule has 0 unspecified atom stereocenters. The molecule has 0 atom stereocenters. The largest absolute Gasteiger partial charge is 0.459 e. The van der Waals surface area contributed by atoms with Crippen LogP contribution in [0.25, 0.3) is 0 Å². The van der Waals surface area contributed by atoms with E-state index in [2.05, 4.69) is 27.6 Å². The predicted molar refractivity (Wildman–Crippen MR) is 59.3 cm³/mol. The number of hydrogen-bond donors (Lipinski definition) is 0. The van der Waals surface area contributed by atoms with Crippen LogP contribution in [0.3, 0.4) is 0 Å². The van der Waals surface area contributed by atoms with E-state index in [1.54, 1.807) is 12.1 Å². The Kier molecular flexibility index (Phi) is 3.38. The van der Waals surface area contributed by atoms with Crippen LogP contribution in [-0.4, -0.2) is 5.02 Å². The molecule has 0 heterocycles. The van der Waals surface area contributed by atoms with Gasteiger partial charge in [-0.2, -0.15) is 8.78 Å². The SMILES string of the molecule is [CH2]C(C)(C)c1ccc(OC(F)(F)Br)cc1. The molecule has 83 valence electrons. The van der Waals surface area contributed by atoms with Crippen molar-refractivity contribution in [2.75, 3.05) is 0 Å². The summed E-state index contributed by atoms with van der Waals surface area (Å²) < 4.78 is 29.2. The Morgan fingerprint density at radius 1 is 1.20 bits per heavy atom. The molecule has 1 aromatic rings. The van der Waals surface area contributed by atoms with Crippen molar-refractivity contribution < 1.29 is 13.5 Å². The van der Waals surface area contributed by atoms with Gasteiger partial charge in [0.1, 0.15) is 5.75 Å². The van der Waals surface area contributed by atoms with Crippen molar-refractivity contribution >= 4 is 15.9 Å². The third kappa shape index (κ3) is 4.16. The highest BCUT2D eigenvalue weighted by atomic mass is 79.9. The number of benzene rings is 1. The van der Waals surface area contributed by atoms with Gasteiger partial charge in [-0.15, -0.1) is 0 Å². The normalized spacial score (nSPS) is 12.7. The average molecular weight is 278 g/mol. The summed E-state index contributed by atoms with van der Waals surface area (Å²) in [6.07, 6.45) is 0. The summed E-state index contributed by atoms with van der Waals surface area (Å²) in [6.45, 7) is 7.84. The zero-order valence-corrected chi connectivity index (χ0v) is 10.1. The molecule has 0 aliphatic heterocycles. The van der Waals surface area contributed by atoms with E-state index in [0.29, 0.717) is 0 Å². The van der Waals surface area contributed by atoms with Gasteiger partial charge in [0.2, 0.25) is 0 Å². The summed E-state index contributed by atoms with van der Waals surface area (Å²) >= 11 is 2.11. The number of rotatable bonds is 3. The Morgan fingerprint density at radius 3 is 2.00 bits per heavy atom. The quantitative estimate of drug-likeness (QED) is 0.756.